The van der Waals surface area contributed by atoms with E-state index in [4.69, 9.17) is 15.7 Å². The predicted molar refractivity (Wildman–Crippen MR) is 100 cm³/mol. The maximum atomic E-state index is 13.0. The van der Waals surface area contributed by atoms with Gasteiger partial charge in [0.25, 0.3) is 0 Å². The van der Waals surface area contributed by atoms with Gasteiger partial charge in [0, 0.05) is 30.1 Å². The van der Waals surface area contributed by atoms with Crippen molar-refractivity contribution in [1.82, 2.24) is 9.88 Å². The minimum Gasteiger partial charge on any atom is -0.488 e. The van der Waals surface area contributed by atoms with Crippen molar-refractivity contribution < 1.29 is 23.1 Å². The number of piperidine rings is 1. The number of alkyl halides is 2. The van der Waals surface area contributed by atoms with Crippen LogP contribution in [0.4, 0.5) is 8.78 Å². The molecule has 1 aliphatic rings. The number of primary amides is 1. The lowest BCUT2D eigenvalue weighted by molar-refractivity contribution is -0.132. The number of hydrogen-bond donors (Lipinski definition) is 1. The molecule has 1 saturated heterocycles. The SMILES string of the molecule is N#CCC(=O)N1CCC[C@@H](Oc2ccnc3cc(C(N)=O)c(CC(F)F)cc23)C1. The Bertz CT molecular complexity index is 974. The maximum Gasteiger partial charge on any atom is 0.249 e. The Hall–Kier alpha value is -3.28. The third kappa shape index (κ3) is 4.77. The Morgan fingerprint density at radius 1 is 1.41 bits per heavy atom. The number of nitrogens with zero attached hydrogens (tertiary/aromatic N) is 3. The molecule has 1 aliphatic heterocycles. The van der Waals surface area contributed by atoms with Crippen molar-refractivity contribution in [3.8, 4) is 11.8 Å². The van der Waals surface area contributed by atoms with Crippen molar-refractivity contribution in [3.63, 3.8) is 0 Å². The third-order valence-electron chi connectivity index (χ3n) is 4.82. The summed E-state index contributed by atoms with van der Waals surface area (Å²) in [6, 6.07) is 6.33. The number of carbonyl (C=O) groups excluding carboxylic acids is 2. The molecule has 2 aromatic rings. The number of amides is 2. The van der Waals surface area contributed by atoms with Crippen molar-refractivity contribution in [3.05, 3.63) is 35.5 Å². The quantitative estimate of drug-likeness (QED) is 0.798. The number of pyridine rings is 1. The van der Waals surface area contributed by atoms with Crippen LogP contribution >= 0.6 is 0 Å². The van der Waals surface area contributed by atoms with Crippen molar-refractivity contribution in [2.45, 2.75) is 38.2 Å². The van der Waals surface area contributed by atoms with E-state index in [1.165, 1.54) is 18.3 Å². The zero-order chi connectivity index (χ0) is 21.0. The fraction of sp³-hybridized carbons (Fsp3) is 0.400. The summed E-state index contributed by atoms with van der Waals surface area (Å²) >= 11 is 0. The van der Waals surface area contributed by atoms with E-state index in [0.29, 0.717) is 36.2 Å². The molecule has 3 rings (SSSR count). The van der Waals surface area contributed by atoms with E-state index in [2.05, 4.69) is 4.98 Å². The van der Waals surface area contributed by atoms with Crippen LogP contribution in [0.25, 0.3) is 10.9 Å². The molecule has 1 aromatic carbocycles. The van der Waals surface area contributed by atoms with E-state index in [0.717, 1.165) is 6.42 Å². The minimum atomic E-state index is -2.63. The van der Waals surface area contributed by atoms with Gasteiger partial charge in [-0.1, -0.05) is 0 Å². The van der Waals surface area contributed by atoms with Crippen molar-refractivity contribution in [2.24, 2.45) is 5.73 Å². The molecule has 1 atom stereocenters. The average molecular weight is 402 g/mol. The molecule has 9 heteroatoms. The molecule has 0 aliphatic carbocycles. The number of halogens is 2. The lowest BCUT2D eigenvalue weighted by atomic mass is 10.00. The van der Waals surface area contributed by atoms with Crippen LogP contribution < -0.4 is 10.5 Å². The second kappa shape index (κ2) is 8.82. The number of nitriles is 1. The summed E-state index contributed by atoms with van der Waals surface area (Å²) in [7, 11) is 0. The zero-order valence-electron chi connectivity index (χ0n) is 15.6. The highest BCUT2D eigenvalue weighted by atomic mass is 19.3. The lowest BCUT2D eigenvalue weighted by Gasteiger charge is -2.32. The van der Waals surface area contributed by atoms with Gasteiger partial charge in [-0.3, -0.25) is 14.6 Å². The first-order valence-corrected chi connectivity index (χ1v) is 9.20. The number of nitrogens with two attached hydrogens (primary N) is 1. The van der Waals surface area contributed by atoms with Gasteiger partial charge in [-0.25, -0.2) is 8.78 Å². The molecule has 152 valence electrons. The first kappa shape index (κ1) is 20.5. The molecule has 2 amide bonds. The molecule has 2 N–H and O–H groups in total. The van der Waals surface area contributed by atoms with Gasteiger partial charge in [0.1, 0.15) is 18.3 Å². The Morgan fingerprint density at radius 2 is 2.21 bits per heavy atom. The molecule has 2 heterocycles. The van der Waals surface area contributed by atoms with Gasteiger partial charge in [0.05, 0.1) is 18.1 Å². The molecule has 0 spiro atoms. The molecular weight excluding hydrogens is 382 g/mol. The van der Waals surface area contributed by atoms with Gasteiger partial charge in [-0.05, 0) is 36.6 Å². The topological polar surface area (TPSA) is 109 Å². The number of carbonyl (C=O) groups is 2. The average Bonchev–Trinajstić information content (AvgIpc) is 2.68. The normalized spacial score (nSPS) is 16.6. The van der Waals surface area contributed by atoms with Crippen LogP contribution in [0.2, 0.25) is 0 Å². The maximum absolute atomic E-state index is 13.0. The highest BCUT2D eigenvalue weighted by molar-refractivity contribution is 5.99. The second-order valence-electron chi connectivity index (χ2n) is 6.85. The van der Waals surface area contributed by atoms with E-state index in [9.17, 15) is 18.4 Å². The Labute approximate surface area is 166 Å². The monoisotopic (exact) mass is 402 g/mol. The summed E-state index contributed by atoms with van der Waals surface area (Å²) < 4.78 is 32.0. The minimum absolute atomic E-state index is 0.00777. The fourth-order valence-electron chi connectivity index (χ4n) is 3.50. The van der Waals surface area contributed by atoms with E-state index in [-0.39, 0.29) is 29.6 Å². The van der Waals surface area contributed by atoms with Gasteiger partial charge in [-0.15, -0.1) is 0 Å². The molecule has 29 heavy (non-hydrogen) atoms. The summed E-state index contributed by atoms with van der Waals surface area (Å²) in [6.07, 6.45) is -0.788. The fourth-order valence-corrected chi connectivity index (χ4v) is 3.50. The number of benzene rings is 1. The van der Waals surface area contributed by atoms with E-state index < -0.39 is 18.8 Å². The molecule has 0 radical (unpaired) electrons. The van der Waals surface area contributed by atoms with Crippen LogP contribution in [0.1, 0.15) is 35.2 Å². The van der Waals surface area contributed by atoms with Crippen LogP contribution in [0, 0.1) is 11.3 Å². The first-order chi connectivity index (χ1) is 13.9. The van der Waals surface area contributed by atoms with Crippen LogP contribution in [0.3, 0.4) is 0 Å². The summed E-state index contributed by atoms with van der Waals surface area (Å²) in [5.74, 6) is -0.610. The van der Waals surface area contributed by atoms with Crippen molar-refractivity contribution in [2.75, 3.05) is 13.1 Å². The van der Waals surface area contributed by atoms with Gasteiger partial charge in [0.15, 0.2) is 0 Å². The predicted octanol–water partition coefficient (Wildman–Crippen LogP) is 2.42. The number of rotatable bonds is 6. The highest BCUT2D eigenvalue weighted by Gasteiger charge is 2.25. The summed E-state index contributed by atoms with van der Waals surface area (Å²) in [5.41, 5.74) is 5.88. The van der Waals surface area contributed by atoms with Crippen LogP contribution in [0.15, 0.2) is 24.4 Å². The van der Waals surface area contributed by atoms with Crippen LogP contribution in [-0.2, 0) is 11.2 Å². The summed E-state index contributed by atoms with van der Waals surface area (Å²) in [4.78, 5) is 29.4. The molecule has 1 aromatic heterocycles. The summed E-state index contributed by atoms with van der Waals surface area (Å²) in [6.45, 7) is 0.908. The molecule has 1 fully saturated rings. The summed E-state index contributed by atoms with van der Waals surface area (Å²) in [5, 5.41) is 9.21. The number of aromatic nitrogens is 1. The van der Waals surface area contributed by atoms with Gasteiger partial charge in [-0.2, -0.15) is 5.26 Å². The molecular formula is C20H20F2N4O3. The van der Waals surface area contributed by atoms with Crippen molar-refractivity contribution >= 4 is 22.7 Å². The highest BCUT2D eigenvalue weighted by Crippen LogP contribution is 2.30. The molecule has 0 bridgehead atoms. The van der Waals surface area contributed by atoms with Crippen LogP contribution in [-0.4, -0.2) is 47.3 Å². The smallest absolute Gasteiger partial charge is 0.249 e. The van der Waals surface area contributed by atoms with Crippen molar-refractivity contribution in [1.29, 1.82) is 5.26 Å². The molecule has 7 nitrogen and oxygen atoms in total. The standard InChI is InChI=1S/C20H20F2N4O3/c21-18(22)9-12-8-15-16(10-14(12)20(24)28)25-6-4-17(15)29-13-2-1-7-26(11-13)19(27)3-5-23/h4,6,8,10,13,18H,1-3,7,9,11H2,(H2,24,28)/t13-/m1/s1. The van der Waals surface area contributed by atoms with Crippen LogP contribution in [0.5, 0.6) is 5.75 Å². The van der Waals surface area contributed by atoms with Gasteiger partial charge < -0.3 is 15.4 Å². The number of likely N-dealkylation sites (tertiary alicyclic amines) is 1. The Kier molecular flexibility index (Phi) is 6.22. The molecule has 0 saturated carbocycles. The largest absolute Gasteiger partial charge is 0.488 e. The number of ether oxygens (including phenoxy) is 1. The first-order valence-electron chi connectivity index (χ1n) is 9.20. The van der Waals surface area contributed by atoms with E-state index in [1.807, 2.05) is 6.07 Å². The third-order valence-corrected chi connectivity index (χ3v) is 4.82. The van der Waals surface area contributed by atoms with Gasteiger partial charge in [0.2, 0.25) is 18.2 Å². The Balaban J connectivity index is 1.90. The zero-order valence-corrected chi connectivity index (χ0v) is 15.6. The second-order valence-corrected chi connectivity index (χ2v) is 6.85. The molecule has 0 unspecified atom stereocenters. The lowest BCUT2D eigenvalue weighted by Crippen LogP contribution is -2.44. The van der Waals surface area contributed by atoms with Gasteiger partial charge >= 0.3 is 0 Å². The Morgan fingerprint density at radius 3 is 2.90 bits per heavy atom. The number of hydrogen-bond acceptors (Lipinski definition) is 5. The van der Waals surface area contributed by atoms with E-state index >= 15 is 0 Å². The number of fused-ring (bicyclic) bond motifs is 1. The van der Waals surface area contributed by atoms with E-state index in [1.54, 1.807) is 11.0 Å².